The number of rotatable bonds is 7. The van der Waals surface area contributed by atoms with E-state index in [0.29, 0.717) is 11.4 Å². The first-order valence-corrected chi connectivity index (χ1v) is 9.20. The number of sulfonamides is 1. The zero-order valence-electron chi connectivity index (χ0n) is 14.4. The van der Waals surface area contributed by atoms with Crippen LogP contribution in [-0.4, -0.2) is 34.1 Å². The Morgan fingerprint density at radius 2 is 1.64 bits per heavy atom. The molecule has 0 bridgehead atoms. The zero-order valence-corrected chi connectivity index (χ0v) is 15.2. The second kappa shape index (κ2) is 8.02. The van der Waals surface area contributed by atoms with Crippen LogP contribution < -0.4 is 9.04 Å². The van der Waals surface area contributed by atoms with Gasteiger partial charge in [-0.3, -0.25) is 9.10 Å². The standard InChI is InChI=1S/C18H21NO5S/c1-14(2)24-16-11-9-15(10-12-16)19(13-18(20)23-3)25(21,22)17-7-5-4-6-8-17/h4-12,14H,13H2,1-3H3. The number of hydrogen-bond acceptors (Lipinski definition) is 5. The summed E-state index contributed by atoms with van der Waals surface area (Å²) in [5.41, 5.74) is 0.352. The molecule has 2 aromatic rings. The Bertz CT molecular complexity index is 801. The third-order valence-electron chi connectivity index (χ3n) is 3.33. The second-order valence-electron chi connectivity index (χ2n) is 5.56. The topological polar surface area (TPSA) is 72.9 Å². The van der Waals surface area contributed by atoms with Gasteiger partial charge in [0.2, 0.25) is 0 Å². The predicted molar refractivity (Wildman–Crippen MR) is 95.2 cm³/mol. The van der Waals surface area contributed by atoms with E-state index in [-0.39, 0.29) is 11.0 Å². The molecule has 0 N–H and O–H groups in total. The van der Waals surface area contributed by atoms with Crippen LogP contribution in [0.3, 0.4) is 0 Å². The summed E-state index contributed by atoms with van der Waals surface area (Å²) in [6, 6.07) is 14.5. The lowest BCUT2D eigenvalue weighted by atomic mass is 10.3. The minimum Gasteiger partial charge on any atom is -0.491 e. The molecule has 0 aliphatic heterocycles. The minimum atomic E-state index is -3.90. The van der Waals surface area contributed by atoms with Crippen molar-refractivity contribution in [1.82, 2.24) is 0 Å². The van der Waals surface area contributed by atoms with Gasteiger partial charge in [0, 0.05) is 0 Å². The fourth-order valence-corrected chi connectivity index (χ4v) is 3.61. The summed E-state index contributed by atoms with van der Waals surface area (Å²) in [5.74, 6) is -0.0316. The maximum Gasteiger partial charge on any atom is 0.326 e. The number of ether oxygens (including phenoxy) is 2. The number of anilines is 1. The van der Waals surface area contributed by atoms with E-state index in [1.807, 2.05) is 13.8 Å². The lowest BCUT2D eigenvalue weighted by Gasteiger charge is -2.23. The van der Waals surface area contributed by atoms with Gasteiger partial charge in [-0.25, -0.2) is 8.42 Å². The molecule has 0 atom stereocenters. The van der Waals surface area contributed by atoms with E-state index in [9.17, 15) is 13.2 Å². The van der Waals surface area contributed by atoms with Crippen molar-refractivity contribution in [2.45, 2.75) is 24.8 Å². The first-order chi connectivity index (χ1) is 11.8. The molecule has 0 radical (unpaired) electrons. The molecule has 0 saturated heterocycles. The lowest BCUT2D eigenvalue weighted by Crippen LogP contribution is -2.36. The summed E-state index contributed by atoms with van der Waals surface area (Å²) in [6.07, 6.45) is 0.00470. The molecule has 25 heavy (non-hydrogen) atoms. The van der Waals surface area contributed by atoms with Crippen LogP contribution in [0, 0.1) is 0 Å². The number of methoxy groups -OCH3 is 1. The molecule has 0 spiro atoms. The van der Waals surface area contributed by atoms with E-state index >= 15 is 0 Å². The van der Waals surface area contributed by atoms with Gasteiger partial charge in [-0.1, -0.05) is 18.2 Å². The summed E-state index contributed by atoms with van der Waals surface area (Å²) < 4.78 is 37.1. The van der Waals surface area contributed by atoms with Gasteiger partial charge in [0.25, 0.3) is 10.0 Å². The Kier molecular flexibility index (Phi) is 6.03. The fraction of sp³-hybridized carbons (Fsp3) is 0.278. The zero-order chi connectivity index (χ0) is 18.4. The van der Waals surface area contributed by atoms with Crippen LogP contribution in [0.4, 0.5) is 5.69 Å². The molecule has 2 rings (SSSR count). The SMILES string of the molecule is COC(=O)CN(c1ccc(OC(C)C)cc1)S(=O)(=O)c1ccccc1. The predicted octanol–water partition coefficient (Wildman–Crippen LogP) is 2.84. The monoisotopic (exact) mass is 363 g/mol. The molecule has 0 aliphatic carbocycles. The number of carbonyl (C=O) groups is 1. The average molecular weight is 363 g/mol. The van der Waals surface area contributed by atoms with Crippen LogP contribution in [0.1, 0.15) is 13.8 Å². The highest BCUT2D eigenvalue weighted by Crippen LogP contribution is 2.26. The molecule has 0 amide bonds. The minimum absolute atomic E-state index is 0.00470. The molecule has 0 aromatic heterocycles. The summed E-state index contributed by atoms with van der Waals surface area (Å²) in [6.45, 7) is 3.38. The Balaban J connectivity index is 2.41. The van der Waals surface area contributed by atoms with Gasteiger partial charge in [0.05, 0.1) is 23.8 Å². The van der Waals surface area contributed by atoms with Gasteiger partial charge in [-0.2, -0.15) is 0 Å². The molecule has 6 nitrogen and oxygen atoms in total. The van der Waals surface area contributed by atoms with Gasteiger partial charge in [0.1, 0.15) is 12.3 Å². The molecule has 134 valence electrons. The van der Waals surface area contributed by atoms with Crippen molar-refractivity contribution in [1.29, 1.82) is 0 Å². The van der Waals surface area contributed by atoms with E-state index in [4.69, 9.17) is 4.74 Å². The van der Waals surface area contributed by atoms with Crippen LogP contribution in [0.15, 0.2) is 59.5 Å². The van der Waals surface area contributed by atoms with E-state index in [2.05, 4.69) is 4.74 Å². The van der Waals surface area contributed by atoms with Crippen LogP contribution in [-0.2, 0) is 19.6 Å². The number of esters is 1. The van der Waals surface area contributed by atoms with Gasteiger partial charge in [-0.05, 0) is 50.2 Å². The summed E-state index contributed by atoms with van der Waals surface area (Å²) in [7, 11) is -2.69. The third kappa shape index (κ3) is 4.73. The maximum atomic E-state index is 12.9. The first kappa shape index (κ1) is 18.8. The third-order valence-corrected chi connectivity index (χ3v) is 5.12. The highest BCUT2D eigenvalue weighted by molar-refractivity contribution is 7.92. The van der Waals surface area contributed by atoms with E-state index in [0.717, 1.165) is 4.31 Å². The molecular formula is C18H21NO5S. The van der Waals surface area contributed by atoms with Crippen molar-refractivity contribution in [3.05, 3.63) is 54.6 Å². The maximum absolute atomic E-state index is 12.9. The van der Waals surface area contributed by atoms with E-state index in [1.54, 1.807) is 42.5 Å². The Hall–Kier alpha value is -2.54. The molecule has 0 saturated carbocycles. The quantitative estimate of drug-likeness (QED) is 0.707. The molecule has 2 aromatic carbocycles. The number of carbonyl (C=O) groups excluding carboxylic acids is 1. The number of nitrogens with zero attached hydrogens (tertiary/aromatic N) is 1. The van der Waals surface area contributed by atoms with Crippen molar-refractivity contribution in [2.24, 2.45) is 0 Å². The van der Waals surface area contributed by atoms with Gasteiger partial charge in [-0.15, -0.1) is 0 Å². The average Bonchev–Trinajstić information content (AvgIpc) is 2.60. The van der Waals surface area contributed by atoms with Crippen LogP contribution in [0.2, 0.25) is 0 Å². The molecular weight excluding hydrogens is 342 g/mol. The summed E-state index contributed by atoms with van der Waals surface area (Å²) in [4.78, 5) is 11.8. The molecule has 0 aliphatic rings. The number of hydrogen-bond donors (Lipinski definition) is 0. The van der Waals surface area contributed by atoms with Crippen molar-refractivity contribution in [3.63, 3.8) is 0 Å². The van der Waals surface area contributed by atoms with Gasteiger partial charge < -0.3 is 9.47 Å². The van der Waals surface area contributed by atoms with Gasteiger partial charge in [0.15, 0.2) is 0 Å². The van der Waals surface area contributed by atoms with Gasteiger partial charge >= 0.3 is 5.97 Å². The molecule has 0 unspecified atom stereocenters. The Labute approximate surface area is 148 Å². The highest BCUT2D eigenvalue weighted by Gasteiger charge is 2.27. The Morgan fingerprint density at radius 3 is 2.16 bits per heavy atom. The fourth-order valence-electron chi connectivity index (χ4n) is 2.18. The van der Waals surface area contributed by atoms with Crippen molar-refractivity contribution in [2.75, 3.05) is 18.0 Å². The Morgan fingerprint density at radius 1 is 1.04 bits per heavy atom. The highest BCUT2D eigenvalue weighted by atomic mass is 32.2. The normalized spacial score (nSPS) is 11.2. The van der Waals surface area contributed by atoms with E-state index in [1.165, 1.54) is 19.2 Å². The molecule has 0 heterocycles. The lowest BCUT2D eigenvalue weighted by molar-refractivity contribution is -0.138. The first-order valence-electron chi connectivity index (χ1n) is 7.76. The van der Waals surface area contributed by atoms with Crippen molar-refractivity contribution < 1.29 is 22.7 Å². The van der Waals surface area contributed by atoms with Crippen LogP contribution in [0.25, 0.3) is 0 Å². The molecule has 7 heteroatoms. The van der Waals surface area contributed by atoms with Crippen molar-refractivity contribution in [3.8, 4) is 5.75 Å². The number of benzene rings is 2. The smallest absolute Gasteiger partial charge is 0.326 e. The summed E-state index contributed by atoms with van der Waals surface area (Å²) in [5, 5.41) is 0. The largest absolute Gasteiger partial charge is 0.491 e. The molecule has 0 fully saturated rings. The summed E-state index contributed by atoms with van der Waals surface area (Å²) >= 11 is 0. The van der Waals surface area contributed by atoms with Crippen molar-refractivity contribution >= 4 is 21.7 Å². The van der Waals surface area contributed by atoms with Crippen LogP contribution >= 0.6 is 0 Å². The van der Waals surface area contributed by atoms with E-state index < -0.39 is 22.5 Å². The second-order valence-corrected chi connectivity index (χ2v) is 7.42. The van der Waals surface area contributed by atoms with Crippen LogP contribution in [0.5, 0.6) is 5.75 Å².